The second kappa shape index (κ2) is 9.35. The molecule has 1 saturated carbocycles. The minimum absolute atomic E-state index is 0.356. The quantitative estimate of drug-likeness (QED) is 0.546. The smallest absolute Gasteiger partial charge is 0.227 e. The molecule has 0 spiro atoms. The number of anilines is 3. The number of hydrogen-bond donors (Lipinski definition) is 2. The van der Waals surface area contributed by atoms with Crippen LogP contribution in [0.5, 0.6) is 5.75 Å². The highest BCUT2D eigenvalue weighted by molar-refractivity contribution is 5.88. The number of hydrogen-bond acceptors (Lipinski definition) is 7. The van der Waals surface area contributed by atoms with E-state index in [0.717, 1.165) is 73.0 Å². The minimum Gasteiger partial charge on any atom is -0.508 e. The van der Waals surface area contributed by atoms with Crippen molar-refractivity contribution in [2.45, 2.75) is 38.5 Å². The van der Waals surface area contributed by atoms with Gasteiger partial charge in [0.05, 0.1) is 12.1 Å². The van der Waals surface area contributed by atoms with Crippen molar-refractivity contribution in [1.82, 2.24) is 14.9 Å². The van der Waals surface area contributed by atoms with Crippen LogP contribution in [0.1, 0.15) is 42.7 Å². The lowest BCUT2D eigenvalue weighted by Crippen LogP contribution is -2.46. The lowest BCUT2D eigenvalue weighted by Gasteiger charge is -2.35. The van der Waals surface area contributed by atoms with Gasteiger partial charge in [-0.3, -0.25) is 4.90 Å². The molecule has 2 aliphatic rings. The Morgan fingerprint density at radius 3 is 2.55 bits per heavy atom. The molecule has 3 aromatic rings. The number of nitrogens with one attached hydrogen (secondary N) is 1. The molecule has 1 aromatic heterocycles. The molecular formula is C26H31N5O2. The number of phenols is 1. The summed E-state index contributed by atoms with van der Waals surface area (Å²) in [6.45, 7) is 6.15. The van der Waals surface area contributed by atoms with E-state index in [2.05, 4.69) is 32.2 Å². The zero-order valence-electron chi connectivity index (χ0n) is 19.1. The summed E-state index contributed by atoms with van der Waals surface area (Å²) >= 11 is 0. The molecule has 5 rings (SSSR count). The van der Waals surface area contributed by atoms with Crippen LogP contribution in [0, 0.1) is 6.92 Å². The topological polar surface area (TPSA) is 81.6 Å². The molecule has 2 heterocycles. The summed E-state index contributed by atoms with van der Waals surface area (Å²) < 4.78 is 0. The van der Waals surface area contributed by atoms with Crippen LogP contribution in [0.4, 0.5) is 17.3 Å². The number of aryl methyl sites for hydroxylation is 1. The Morgan fingerprint density at radius 1 is 1.12 bits per heavy atom. The van der Waals surface area contributed by atoms with Crippen LogP contribution in [0.15, 0.2) is 36.5 Å². The molecule has 0 amide bonds. The van der Waals surface area contributed by atoms with Crippen molar-refractivity contribution in [1.29, 1.82) is 0 Å². The van der Waals surface area contributed by atoms with Crippen LogP contribution in [0.2, 0.25) is 0 Å². The molecule has 2 fully saturated rings. The molecule has 1 saturated heterocycles. The Kier molecular flexibility index (Phi) is 6.13. The molecule has 172 valence electrons. The first-order valence-electron chi connectivity index (χ1n) is 11.9. The molecule has 7 nitrogen and oxygen atoms in total. The summed E-state index contributed by atoms with van der Waals surface area (Å²) in [6, 6.07) is 10.2. The van der Waals surface area contributed by atoms with Gasteiger partial charge in [0.1, 0.15) is 12.0 Å². The molecule has 2 aromatic carbocycles. The SMILES string of the molecule is Cc1cc(O)c(C2CCCC2)c2nc(Nc3ccc(N4CCN(CC=O)CC4)cc3)ncc12. The third kappa shape index (κ3) is 4.50. The molecule has 33 heavy (non-hydrogen) atoms. The van der Waals surface area contributed by atoms with Gasteiger partial charge in [0.25, 0.3) is 0 Å². The lowest BCUT2D eigenvalue weighted by molar-refractivity contribution is -0.108. The van der Waals surface area contributed by atoms with Crippen molar-refractivity contribution in [3.05, 3.63) is 47.7 Å². The van der Waals surface area contributed by atoms with Crippen molar-refractivity contribution >= 4 is 34.5 Å². The zero-order valence-corrected chi connectivity index (χ0v) is 19.1. The van der Waals surface area contributed by atoms with Crippen molar-refractivity contribution < 1.29 is 9.90 Å². The van der Waals surface area contributed by atoms with E-state index in [1.807, 2.05) is 31.3 Å². The number of nitrogens with zero attached hydrogens (tertiary/aromatic N) is 4. The summed E-state index contributed by atoms with van der Waals surface area (Å²) in [7, 11) is 0. The number of phenolic OH excluding ortho intramolecular Hbond substituents is 1. The van der Waals surface area contributed by atoms with Crippen LogP contribution in [-0.4, -0.2) is 59.0 Å². The van der Waals surface area contributed by atoms with Gasteiger partial charge < -0.3 is 20.1 Å². The van der Waals surface area contributed by atoms with Gasteiger partial charge in [0.15, 0.2) is 0 Å². The van der Waals surface area contributed by atoms with Gasteiger partial charge in [-0.2, -0.15) is 0 Å². The van der Waals surface area contributed by atoms with Gasteiger partial charge in [-0.1, -0.05) is 12.8 Å². The first-order valence-corrected chi connectivity index (χ1v) is 11.9. The van der Waals surface area contributed by atoms with E-state index in [1.54, 1.807) is 0 Å². The van der Waals surface area contributed by atoms with Gasteiger partial charge in [-0.15, -0.1) is 0 Å². The van der Waals surface area contributed by atoms with Gasteiger partial charge in [-0.05, 0) is 61.6 Å². The number of aromatic nitrogens is 2. The van der Waals surface area contributed by atoms with Crippen LogP contribution >= 0.6 is 0 Å². The van der Waals surface area contributed by atoms with Gasteiger partial charge in [0.2, 0.25) is 5.95 Å². The summed E-state index contributed by atoms with van der Waals surface area (Å²) in [5, 5.41) is 15.1. The van der Waals surface area contributed by atoms with E-state index in [0.29, 0.717) is 24.2 Å². The fraction of sp³-hybridized carbons (Fsp3) is 0.423. The maximum Gasteiger partial charge on any atom is 0.227 e. The second-order valence-electron chi connectivity index (χ2n) is 9.19. The number of rotatable bonds is 6. The second-order valence-corrected chi connectivity index (χ2v) is 9.19. The highest BCUT2D eigenvalue weighted by Crippen LogP contribution is 2.42. The van der Waals surface area contributed by atoms with Crippen molar-refractivity contribution in [2.75, 3.05) is 42.9 Å². The highest BCUT2D eigenvalue weighted by atomic mass is 16.3. The van der Waals surface area contributed by atoms with Crippen molar-refractivity contribution in [2.24, 2.45) is 0 Å². The van der Waals surface area contributed by atoms with E-state index in [-0.39, 0.29) is 0 Å². The number of aromatic hydroxyl groups is 1. The molecule has 0 atom stereocenters. The van der Waals surface area contributed by atoms with Gasteiger partial charge in [0, 0.05) is 54.7 Å². The maximum absolute atomic E-state index is 10.7. The highest BCUT2D eigenvalue weighted by Gasteiger charge is 2.24. The summed E-state index contributed by atoms with van der Waals surface area (Å²) in [4.78, 5) is 24.6. The fourth-order valence-corrected chi connectivity index (χ4v) is 5.21. The molecule has 0 unspecified atom stereocenters. The van der Waals surface area contributed by atoms with Crippen molar-refractivity contribution in [3.8, 4) is 5.75 Å². The third-order valence-corrected chi connectivity index (χ3v) is 7.05. The number of piperazine rings is 1. The Hall–Kier alpha value is -3.19. The predicted octanol–water partition coefficient (Wildman–Crippen LogP) is 4.37. The number of aldehydes is 1. The standard InChI is InChI=1S/C26H31N5O2/c1-18-16-23(33)24(19-4-2-3-5-19)25-22(18)17-27-26(29-25)28-20-6-8-21(9-7-20)31-12-10-30(11-13-31)14-15-32/h6-9,15-17,19,33H,2-5,10-14H2,1H3,(H,27,28,29). The average molecular weight is 446 g/mol. The molecule has 7 heteroatoms. The largest absolute Gasteiger partial charge is 0.508 e. The number of carbonyl (C=O) groups is 1. The maximum atomic E-state index is 10.7. The van der Waals surface area contributed by atoms with Crippen molar-refractivity contribution in [3.63, 3.8) is 0 Å². The van der Waals surface area contributed by atoms with E-state index in [4.69, 9.17) is 4.98 Å². The third-order valence-electron chi connectivity index (χ3n) is 7.05. The molecule has 1 aliphatic carbocycles. The lowest BCUT2D eigenvalue weighted by atomic mass is 9.92. The molecular weight excluding hydrogens is 414 g/mol. The summed E-state index contributed by atoms with van der Waals surface area (Å²) in [5.41, 5.74) is 4.93. The Balaban J connectivity index is 1.35. The van der Waals surface area contributed by atoms with Crippen LogP contribution in [-0.2, 0) is 4.79 Å². The fourth-order valence-electron chi connectivity index (χ4n) is 5.21. The Bertz CT molecular complexity index is 1130. The molecule has 0 radical (unpaired) electrons. The van der Waals surface area contributed by atoms with E-state index < -0.39 is 0 Å². The molecule has 0 bridgehead atoms. The Labute approximate surface area is 194 Å². The van der Waals surface area contributed by atoms with Gasteiger partial charge >= 0.3 is 0 Å². The molecule has 2 N–H and O–H groups in total. The normalized spacial score (nSPS) is 17.5. The monoisotopic (exact) mass is 445 g/mol. The summed E-state index contributed by atoms with van der Waals surface area (Å²) in [5.74, 6) is 1.26. The first-order chi connectivity index (χ1) is 16.1. The molecule has 1 aliphatic heterocycles. The Morgan fingerprint density at radius 2 is 1.85 bits per heavy atom. The number of benzene rings is 2. The average Bonchev–Trinajstić information content (AvgIpc) is 3.35. The van der Waals surface area contributed by atoms with E-state index in [1.165, 1.54) is 18.5 Å². The summed E-state index contributed by atoms with van der Waals surface area (Å²) in [6.07, 6.45) is 7.45. The van der Waals surface area contributed by atoms with Gasteiger partial charge in [-0.25, -0.2) is 9.97 Å². The zero-order chi connectivity index (χ0) is 22.8. The first kappa shape index (κ1) is 21.6. The predicted molar refractivity (Wildman–Crippen MR) is 132 cm³/mol. The number of fused-ring (bicyclic) bond motifs is 1. The van der Waals surface area contributed by atoms with Crippen LogP contribution in [0.3, 0.4) is 0 Å². The van der Waals surface area contributed by atoms with E-state index in [9.17, 15) is 9.90 Å². The van der Waals surface area contributed by atoms with E-state index >= 15 is 0 Å². The van der Waals surface area contributed by atoms with Crippen LogP contribution < -0.4 is 10.2 Å². The number of carbonyl (C=O) groups excluding carboxylic acids is 1. The minimum atomic E-state index is 0.356. The van der Waals surface area contributed by atoms with Crippen LogP contribution in [0.25, 0.3) is 10.9 Å².